The number of piperidine rings is 1. The first-order valence-corrected chi connectivity index (χ1v) is 13.2. The third kappa shape index (κ3) is 5.50. The van der Waals surface area contributed by atoms with Gasteiger partial charge in [-0.05, 0) is 72.9 Å². The fourth-order valence-electron chi connectivity index (χ4n) is 4.26. The molecule has 1 N–H and O–H groups in total. The van der Waals surface area contributed by atoms with E-state index in [2.05, 4.69) is 9.62 Å². The number of sulfonamides is 1. The summed E-state index contributed by atoms with van der Waals surface area (Å²) >= 11 is 18.6. The van der Waals surface area contributed by atoms with Crippen molar-refractivity contribution in [3.8, 4) is 0 Å². The predicted octanol–water partition coefficient (Wildman–Crippen LogP) is 6.86. The van der Waals surface area contributed by atoms with Crippen molar-refractivity contribution in [2.24, 2.45) is 5.92 Å². The lowest BCUT2D eigenvalue weighted by atomic mass is 9.88. The van der Waals surface area contributed by atoms with Crippen LogP contribution in [0, 0.1) is 17.6 Å². The second kappa shape index (κ2) is 10.4. The molecule has 0 aliphatic carbocycles. The summed E-state index contributed by atoms with van der Waals surface area (Å²) in [6.45, 7) is 0.523. The molecule has 1 fully saturated rings. The van der Waals surface area contributed by atoms with Crippen molar-refractivity contribution in [3.63, 3.8) is 0 Å². The van der Waals surface area contributed by atoms with Gasteiger partial charge in [0, 0.05) is 33.8 Å². The van der Waals surface area contributed by atoms with E-state index in [9.17, 15) is 17.2 Å². The van der Waals surface area contributed by atoms with Gasteiger partial charge in [-0.15, -0.1) is 0 Å². The summed E-state index contributed by atoms with van der Waals surface area (Å²) < 4.78 is 55.7. The largest absolute Gasteiger partial charge is 0.364 e. The van der Waals surface area contributed by atoms with Crippen molar-refractivity contribution in [2.45, 2.75) is 23.8 Å². The van der Waals surface area contributed by atoms with E-state index in [1.54, 1.807) is 24.3 Å². The second-order valence-electron chi connectivity index (χ2n) is 8.16. The molecule has 2 unspecified atom stereocenters. The highest BCUT2D eigenvalue weighted by Gasteiger charge is 2.32. The van der Waals surface area contributed by atoms with Gasteiger partial charge in [-0.25, -0.2) is 21.9 Å². The van der Waals surface area contributed by atoms with Crippen LogP contribution in [-0.4, -0.2) is 21.5 Å². The Hall–Kier alpha value is -1.90. The zero-order valence-electron chi connectivity index (χ0n) is 17.8. The number of nitrogens with one attached hydrogen (secondary N) is 1. The molecule has 180 valence electrons. The minimum absolute atomic E-state index is 0.0290. The predicted molar refractivity (Wildman–Crippen MR) is 132 cm³/mol. The Morgan fingerprint density at radius 3 is 2.21 bits per heavy atom. The monoisotopic (exact) mass is 544 g/mol. The van der Waals surface area contributed by atoms with Crippen LogP contribution < -0.4 is 9.62 Å². The standard InChI is InChI=1S/C24H21Cl3F2N2O2S/c25-16-5-8-18(9-6-16)31-14-15(4-11-23(31)19-10-7-17(26)12-20(19)27)13-30-34(32,33)24-21(28)2-1-3-22(24)29/h1-3,5-10,12,15,23,30H,4,11,13-14H2. The second-order valence-corrected chi connectivity index (χ2v) is 11.1. The quantitative estimate of drug-likeness (QED) is 0.368. The van der Waals surface area contributed by atoms with Crippen LogP contribution in [0.3, 0.4) is 0 Å². The van der Waals surface area contributed by atoms with Gasteiger partial charge in [-0.2, -0.15) is 0 Å². The Bertz CT molecular complexity index is 1270. The summed E-state index contributed by atoms with van der Waals surface area (Å²) in [6, 6.07) is 15.6. The molecule has 4 rings (SSSR count). The van der Waals surface area contributed by atoms with Gasteiger partial charge >= 0.3 is 0 Å². The molecule has 1 saturated heterocycles. The maximum atomic E-state index is 14.0. The van der Waals surface area contributed by atoms with Crippen LogP contribution in [0.1, 0.15) is 24.4 Å². The molecule has 1 aliphatic rings. The SMILES string of the molecule is O=S(=O)(NCC1CCC(c2ccc(Cl)cc2Cl)N(c2ccc(Cl)cc2)C1)c1c(F)cccc1F. The number of hydrogen-bond donors (Lipinski definition) is 1. The Balaban J connectivity index is 1.57. The van der Waals surface area contributed by atoms with Crippen LogP contribution in [0.15, 0.2) is 65.6 Å². The molecule has 1 heterocycles. The van der Waals surface area contributed by atoms with Crippen LogP contribution in [0.2, 0.25) is 15.1 Å². The molecule has 1 aliphatic heterocycles. The lowest BCUT2D eigenvalue weighted by Gasteiger charge is -2.42. The number of halogens is 5. The molecule has 0 aromatic heterocycles. The number of anilines is 1. The summed E-state index contributed by atoms with van der Waals surface area (Å²) in [5.74, 6) is -2.37. The van der Waals surface area contributed by atoms with E-state index in [4.69, 9.17) is 34.8 Å². The molecule has 0 amide bonds. The van der Waals surface area contributed by atoms with Crippen LogP contribution in [-0.2, 0) is 10.0 Å². The van der Waals surface area contributed by atoms with Gasteiger partial charge < -0.3 is 4.90 Å². The summed E-state index contributed by atoms with van der Waals surface area (Å²) in [4.78, 5) is 1.17. The lowest BCUT2D eigenvalue weighted by Crippen LogP contribution is -2.43. The maximum absolute atomic E-state index is 14.0. The smallest absolute Gasteiger partial charge is 0.246 e. The van der Waals surface area contributed by atoms with Gasteiger partial charge in [0.15, 0.2) is 4.90 Å². The van der Waals surface area contributed by atoms with Gasteiger partial charge in [0.2, 0.25) is 10.0 Å². The zero-order valence-corrected chi connectivity index (χ0v) is 20.9. The molecule has 2 atom stereocenters. The third-order valence-corrected chi connectivity index (χ3v) is 8.20. The summed E-state index contributed by atoms with van der Waals surface area (Å²) in [6.07, 6.45) is 1.36. The van der Waals surface area contributed by atoms with E-state index in [0.29, 0.717) is 34.5 Å². The Morgan fingerprint density at radius 2 is 1.56 bits per heavy atom. The van der Waals surface area contributed by atoms with Gasteiger partial charge in [0.25, 0.3) is 0 Å². The van der Waals surface area contributed by atoms with E-state index in [-0.39, 0.29) is 18.5 Å². The lowest BCUT2D eigenvalue weighted by molar-refractivity contribution is 0.358. The number of hydrogen-bond acceptors (Lipinski definition) is 3. The molecule has 34 heavy (non-hydrogen) atoms. The van der Waals surface area contributed by atoms with Crippen molar-refractivity contribution in [2.75, 3.05) is 18.0 Å². The molecular formula is C24H21Cl3F2N2O2S. The van der Waals surface area contributed by atoms with Gasteiger partial charge in [0.1, 0.15) is 11.6 Å². The van der Waals surface area contributed by atoms with Crippen LogP contribution in [0.5, 0.6) is 0 Å². The molecule has 10 heteroatoms. The molecule has 3 aromatic rings. The van der Waals surface area contributed by atoms with Crippen molar-refractivity contribution < 1.29 is 17.2 Å². The van der Waals surface area contributed by atoms with E-state index in [0.717, 1.165) is 29.4 Å². The molecule has 3 aromatic carbocycles. The third-order valence-electron chi connectivity index (χ3n) is 5.91. The van der Waals surface area contributed by atoms with Gasteiger partial charge in [0.05, 0.1) is 6.04 Å². The van der Waals surface area contributed by atoms with Crippen molar-refractivity contribution in [1.82, 2.24) is 4.72 Å². The van der Waals surface area contributed by atoms with Gasteiger partial charge in [-0.1, -0.05) is 46.9 Å². The average molecular weight is 546 g/mol. The van der Waals surface area contributed by atoms with Gasteiger partial charge in [-0.3, -0.25) is 0 Å². The summed E-state index contributed by atoms with van der Waals surface area (Å²) in [5, 5.41) is 1.68. The number of nitrogens with zero attached hydrogens (tertiary/aromatic N) is 1. The Morgan fingerprint density at radius 1 is 0.912 bits per heavy atom. The number of benzene rings is 3. The zero-order chi connectivity index (χ0) is 24.5. The van der Waals surface area contributed by atoms with E-state index in [1.165, 1.54) is 0 Å². The number of rotatable bonds is 6. The van der Waals surface area contributed by atoms with E-state index >= 15 is 0 Å². The van der Waals surface area contributed by atoms with E-state index < -0.39 is 26.6 Å². The summed E-state index contributed by atoms with van der Waals surface area (Å²) in [5.41, 5.74) is 1.81. The Labute approximate surface area is 212 Å². The average Bonchev–Trinajstić information content (AvgIpc) is 2.78. The minimum Gasteiger partial charge on any atom is -0.364 e. The molecule has 0 radical (unpaired) electrons. The first kappa shape index (κ1) is 25.2. The highest BCUT2D eigenvalue weighted by Crippen LogP contribution is 2.40. The Kier molecular flexibility index (Phi) is 7.69. The molecule has 0 bridgehead atoms. The first-order chi connectivity index (χ1) is 16.2. The minimum atomic E-state index is -4.36. The van der Waals surface area contributed by atoms with Crippen molar-refractivity contribution in [3.05, 3.63) is 92.9 Å². The van der Waals surface area contributed by atoms with Crippen molar-refractivity contribution in [1.29, 1.82) is 0 Å². The van der Waals surface area contributed by atoms with Crippen LogP contribution in [0.25, 0.3) is 0 Å². The molecule has 4 nitrogen and oxygen atoms in total. The summed E-state index contributed by atoms with van der Waals surface area (Å²) in [7, 11) is -4.36. The maximum Gasteiger partial charge on any atom is 0.246 e. The van der Waals surface area contributed by atoms with Crippen LogP contribution in [0.4, 0.5) is 14.5 Å². The topological polar surface area (TPSA) is 49.4 Å². The first-order valence-electron chi connectivity index (χ1n) is 10.6. The van der Waals surface area contributed by atoms with Crippen molar-refractivity contribution >= 4 is 50.5 Å². The molecule has 0 saturated carbocycles. The highest BCUT2D eigenvalue weighted by atomic mass is 35.5. The highest BCUT2D eigenvalue weighted by molar-refractivity contribution is 7.89. The van der Waals surface area contributed by atoms with Crippen LogP contribution >= 0.6 is 34.8 Å². The molecule has 0 spiro atoms. The molecular weight excluding hydrogens is 525 g/mol. The van der Waals surface area contributed by atoms with E-state index in [1.807, 2.05) is 18.2 Å². The fraction of sp³-hybridized carbons (Fsp3) is 0.250. The normalized spacial score (nSPS) is 18.8. The fourth-order valence-corrected chi connectivity index (χ4v) is 6.17.